The lowest BCUT2D eigenvalue weighted by Gasteiger charge is -2.31. The number of ketones is 1. The highest BCUT2D eigenvalue weighted by molar-refractivity contribution is 6.30. The van der Waals surface area contributed by atoms with E-state index in [1.54, 1.807) is 24.3 Å². The van der Waals surface area contributed by atoms with Gasteiger partial charge in [0, 0.05) is 10.9 Å². The van der Waals surface area contributed by atoms with Gasteiger partial charge in [0.25, 0.3) is 0 Å². The Labute approximate surface area is 120 Å². The molecule has 0 spiro atoms. The first-order chi connectivity index (χ1) is 9.06. The molecule has 2 nitrogen and oxygen atoms in total. The fourth-order valence-electron chi connectivity index (χ4n) is 2.64. The predicted molar refractivity (Wildman–Crippen MR) is 77.6 cm³/mol. The van der Waals surface area contributed by atoms with E-state index in [1.807, 2.05) is 0 Å². The van der Waals surface area contributed by atoms with Crippen molar-refractivity contribution >= 4 is 17.4 Å². The largest absolute Gasteiger partial charge is 0.486 e. The van der Waals surface area contributed by atoms with E-state index in [4.69, 9.17) is 16.3 Å². The highest BCUT2D eigenvalue weighted by Crippen LogP contribution is 2.33. The minimum Gasteiger partial charge on any atom is -0.486 e. The van der Waals surface area contributed by atoms with E-state index in [9.17, 15) is 4.79 Å². The fraction of sp³-hybridized carbons (Fsp3) is 0.562. The Bertz CT molecular complexity index is 427. The number of benzene rings is 1. The maximum Gasteiger partial charge on any atom is 0.173 e. The number of ether oxygens (including phenoxy) is 1. The zero-order valence-corrected chi connectivity index (χ0v) is 12.3. The quantitative estimate of drug-likeness (QED) is 0.819. The molecule has 104 valence electrons. The summed E-state index contributed by atoms with van der Waals surface area (Å²) in [7, 11) is 0. The topological polar surface area (TPSA) is 26.3 Å². The molecule has 0 saturated heterocycles. The molecule has 0 aliphatic heterocycles. The van der Waals surface area contributed by atoms with E-state index >= 15 is 0 Å². The van der Waals surface area contributed by atoms with Crippen molar-refractivity contribution in [2.75, 3.05) is 6.61 Å². The third-order valence-electron chi connectivity index (χ3n) is 4.25. The number of hydrogen-bond acceptors (Lipinski definition) is 2. The summed E-state index contributed by atoms with van der Waals surface area (Å²) in [5.74, 6) is 2.49. The molecule has 0 heterocycles. The summed E-state index contributed by atoms with van der Waals surface area (Å²) >= 11 is 5.80. The van der Waals surface area contributed by atoms with Crippen LogP contribution in [0.15, 0.2) is 24.3 Å². The van der Waals surface area contributed by atoms with Crippen LogP contribution in [-0.2, 0) is 4.79 Å². The molecule has 19 heavy (non-hydrogen) atoms. The molecule has 1 saturated carbocycles. The number of rotatable bonds is 4. The Morgan fingerprint density at radius 2 is 1.89 bits per heavy atom. The molecule has 0 amide bonds. The van der Waals surface area contributed by atoms with Crippen LogP contribution in [0.1, 0.15) is 33.1 Å². The standard InChI is InChI=1S/C16H21ClO2/c1-11-3-4-13(9-12(11)2)16(18)10-19-15-7-5-14(17)6-8-15/h5-8,11-13H,3-4,9-10H2,1-2H3. The highest BCUT2D eigenvalue weighted by Gasteiger charge is 2.29. The molecule has 2 rings (SSSR count). The molecule has 1 aromatic rings. The summed E-state index contributed by atoms with van der Waals surface area (Å²) in [6.45, 7) is 4.69. The van der Waals surface area contributed by atoms with Crippen molar-refractivity contribution in [2.24, 2.45) is 17.8 Å². The average Bonchev–Trinajstić information content (AvgIpc) is 2.41. The van der Waals surface area contributed by atoms with Gasteiger partial charge in [-0.3, -0.25) is 4.79 Å². The smallest absolute Gasteiger partial charge is 0.173 e. The van der Waals surface area contributed by atoms with Gasteiger partial charge in [0.15, 0.2) is 5.78 Å². The summed E-state index contributed by atoms with van der Waals surface area (Å²) in [4.78, 5) is 12.1. The van der Waals surface area contributed by atoms with E-state index in [0.717, 1.165) is 25.2 Å². The SMILES string of the molecule is CC1CCC(C(=O)COc2ccc(Cl)cc2)CC1C. The van der Waals surface area contributed by atoms with Crippen LogP contribution in [0.4, 0.5) is 0 Å². The van der Waals surface area contributed by atoms with E-state index in [1.165, 1.54) is 0 Å². The zero-order chi connectivity index (χ0) is 13.8. The lowest BCUT2D eigenvalue weighted by atomic mass is 9.74. The summed E-state index contributed by atoms with van der Waals surface area (Å²) in [5.41, 5.74) is 0. The van der Waals surface area contributed by atoms with Crippen LogP contribution in [0.2, 0.25) is 5.02 Å². The second-order valence-corrected chi connectivity index (χ2v) is 6.11. The van der Waals surface area contributed by atoms with Crippen LogP contribution in [0.3, 0.4) is 0 Å². The van der Waals surface area contributed by atoms with Gasteiger partial charge >= 0.3 is 0 Å². The minimum absolute atomic E-state index is 0.174. The molecule has 0 radical (unpaired) electrons. The Morgan fingerprint density at radius 1 is 1.21 bits per heavy atom. The van der Waals surface area contributed by atoms with Crippen molar-refractivity contribution in [1.29, 1.82) is 0 Å². The lowest BCUT2D eigenvalue weighted by Crippen LogP contribution is -2.29. The van der Waals surface area contributed by atoms with Gasteiger partial charge in [-0.1, -0.05) is 25.4 Å². The molecule has 3 unspecified atom stereocenters. The molecule has 0 N–H and O–H groups in total. The molecular weight excluding hydrogens is 260 g/mol. The fourth-order valence-corrected chi connectivity index (χ4v) is 2.77. The van der Waals surface area contributed by atoms with Crippen LogP contribution in [0.5, 0.6) is 5.75 Å². The van der Waals surface area contributed by atoms with Crippen molar-refractivity contribution < 1.29 is 9.53 Å². The van der Waals surface area contributed by atoms with Gasteiger partial charge in [0.1, 0.15) is 12.4 Å². The van der Waals surface area contributed by atoms with Gasteiger partial charge in [0.05, 0.1) is 0 Å². The van der Waals surface area contributed by atoms with Gasteiger partial charge in [-0.2, -0.15) is 0 Å². The zero-order valence-electron chi connectivity index (χ0n) is 11.6. The van der Waals surface area contributed by atoms with Crippen LogP contribution in [-0.4, -0.2) is 12.4 Å². The lowest BCUT2D eigenvalue weighted by molar-refractivity contribution is -0.126. The van der Waals surface area contributed by atoms with E-state index in [-0.39, 0.29) is 18.3 Å². The van der Waals surface area contributed by atoms with Crippen LogP contribution in [0, 0.1) is 17.8 Å². The first-order valence-electron chi connectivity index (χ1n) is 6.97. The van der Waals surface area contributed by atoms with Crippen LogP contribution >= 0.6 is 11.6 Å². The molecule has 1 aliphatic carbocycles. The maximum atomic E-state index is 12.1. The normalized spacial score (nSPS) is 27.0. The van der Waals surface area contributed by atoms with Gasteiger partial charge < -0.3 is 4.74 Å². The summed E-state index contributed by atoms with van der Waals surface area (Å²) < 4.78 is 5.53. The molecule has 0 bridgehead atoms. The first-order valence-corrected chi connectivity index (χ1v) is 7.35. The molecule has 3 atom stereocenters. The van der Waals surface area contributed by atoms with Gasteiger partial charge in [0.2, 0.25) is 0 Å². The first kappa shape index (κ1) is 14.4. The third kappa shape index (κ3) is 3.97. The number of carbonyl (C=O) groups excluding carboxylic acids is 1. The van der Waals surface area contributed by atoms with E-state index < -0.39 is 0 Å². The molecule has 3 heteroatoms. The van der Waals surface area contributed by atoms with E-state index in [2.05, 4.69) is 13.8 Å². The molecule has 1 aromatic carbocycles. The Hall–Kier alpha value is -1.02. The summed E-state index contributed by atoms with van der Waals surface area (Å²) in [6, 6.07) is 7.12. The second-order valence-electron chi connectivity index (χ2n) is 5.67. The van der Waals surface area contributed by atoms with Gasteiger partial charge in [-0.05, 0) is 55.4 Å². The average molecular weight is 281 g/mol. The van der Waals surface area contributed by atoms with Crippen molar-refractivity contribution in [3.05, 3.63) is 29.3 Å². The number of Topliss-reactive ketones (excluding diaryl/α,β-unsaturated/α-hetero) is 1. The Balaban J connectivity index is 1.83. The molecular formula is C16H21ClO2. The minimum atomic E-state index is 0.174. The van der Waals surface area contributed by atoms with Crippen molar-refractivity contribution in [2.45, 2.75) is 33.1 Å². The van der Waals surface area contributed by atoms with Crippen molar-refractivity contribution in [3.63, 3.8) is 0 Å². The number of hydrogen-bond donors (Lipinski definition) is 0. The summed E-state index contributed by atoms with van der Waals surface area (Å²) in [6.07, 6.45) is 3.16. The molecule has 1 fully saturated rings. The predicted octanol–water partition coefficient (Wildman–Crippen LogP) is 4.36. The number of halogens is 1. The van der Waals surface area contributed by atoms with Crippen molar-refractivity contribution in [3.8, 4) is 5.75 Å². The highest BCUT2D eigenvalue weighted by atomic mass is 35.5. The van der Waals surface area contributed by atoms with E-state index in [0.29, 0.717) is 16.7 Å². The summed E-state index contributed by atoms with van der Waals surface area (Å²) in [5, 5.41) is 0.675. The monoisotopic (exact) mass is 280 g/mol. The van der Waals surface area contributed by atoms with Crippen LogP contribution < -0.4 is 4.74 Å². The van der Waals surface area contributed by atoms with Gasteiger partial charge in [-0.25, -0.2) is 0 Å². The Morgan fingerprint density at radius 3 is 2.53 bits per heavy atom. The second kappa shape index (κ2) is 6.42. The van der Waals surface area contributed by atoms with Gasteiger partial charge in [-0.15, -0.1) is 0 Å². The Kier molecular flexibility index (Phi) is 4.87. The van der Waals surface area contributed by atoms with Crippen LogP contribution in [0.25, 0.3) is 0 Å². The third-order valence-corrected chi connectivity index (χ3v) is 4.50. The maximum absolute atomic E-state index is 12.1. The molecule has 1 aliphatic rings. The van der Waals surface area contributed by atoms with Crippen molar-refractivity contribution in [1.82, 2.24) is 0 Å². The number of carbonyl (C=O) groups is 1. The molecule has 0 aromatic heterocycles.